The second-order valence-electron chi connectivity index (χ2n) is 5.29. The molecule has 1 aromatic heterocycles. The van der Waals surface area contributed by atoms with Crippen molar-refractivity contribution in [1.29, 1.82) is 0 Å². The molecule has 0 unspecified atom stereocenters. The van der Waals surface area contributed by atoms with E-state index >= 15 is 0 Å². The quantitative estimate of drug-likeness (QED) is 0.416. The maximum Gasteiger partial charge on any atom is 0.191 e. The number of aliphatic imine (C=N–C) groups is 1. The normalized spacial score (nSPS) is 11.5. The lowest BCUT2D eigenvalue weighted by molar-refractivity contribution is 0.125. The second-order valence-corrected chi connectivity index (χ2v) is 6.49. The lowest BCUT2D eigenvalue weighted by atomic mass is 10.2. The van der Waals surface area contributed by atoms with E-state index in [2.05, 4.69) is 39.7 Å². The summed E-state index contributed by atoms with van der Waals surface area (Å²) >= 11 is 1.78. The fourth-order valence-electron chi connectivity index (χ4n) is 2.14. The molecule has 1 aromatic carbocycles. The monoisotopic (exact) mass is 346 g/mol. The van der Waals surface area contributed by atoms with E-state index in [4.69, 9.17) is 4.74 Å². The van der Waals surface area contributed by atoms with Crippen LogP contribution in [-0.4, -0.2) is 37.7 Å². The van der Waals surface area contributed by atoms with Crippen LogP contribution >= 0.6 is 11.3 Å². The summed E-state index contributed by atoms with van der Waals surface area (Å²) in [6, 6.07) is 10.2. The number of guanidine groups is 1. The molecule has 2 aromatic rings. The molecule has 0 spiro atoms. The Morgan fingerprint density at radius 3 is 2.71 bits per heavy atom. The molecular formula is C18H26N4OS. The fraction of sp³-hybridized carbons (Fsp3) is 0.444. The molecule has 130 valence electrons. The molecule has 24 heavy (non-hydrogen) atoms. The molecule has 0 radical (unpaired) electrons. The Bertz CT molecular complexity index is 612. The molecule has 0 amide bonds. The Kier molecular flexibility index (Phi) is 8.27. The van der Waals surface area contributed by atoms with E-state index < -0.39 is 0 Å². The van der Waals surface area contributed by atoms with Crippen LogP contribution in [0.2, 0.25) is 0 Å². The van der Waals surface area contributed by atoms with Gasteiger partial charge in [0.05, 0.1) is 18.2 Å². The highest BCUT2D eigenvalue weighted by atomic mass is 32.1. The predicted molar refractivity (Wildman–Crippen MR) is 101 cm³/mol. The molecule has 0 aliphatic carbocycles. The fourth-order valence-corrected chi connectivity index (χ4v) is 3.00. The molecule has 2 N–H and O–H groups in total. The molecular weight excluding hydrogens is 320 g/mol. The van der Waals surface area contributed by atoms with Crippen molar-refractivity contribution in [3.05, 3.63) is 52.0 Å². The highest BCUT2D eigenvalue weighted by Crippen LogP contribution is 2.13. The summed E-state index contributed by atoms with van der Waals surface area (Å²) in [5.41, 5.74) is 1.19. The first-order chi connectivity index (χ1) is 11.8. The molecule has 0 atom stereocenters. The summed E-state index contributed by atoms with van der Waals surface area (Å²) in [4.78, 5) is 9.98. The Morgan fingerprint density at radius 2 is 2.00 bits per heavy atom. The van der Waals surface area contributed by atoms with Gasteiger partial charge in [0, 0.05) is 37.6 Å². The van der Waals surface area contributed by atoms with E-state index in [0.29, 0.717) is 13.2 Å². The summed E-state index contributed by atoms with van der Waals surface area (Å²) in [7, 11) is 1.78. The number of nitrogens with one attached hydrogen (secondary N) is 2. The standard InChI is InChI=1S/C18H26N4OS/c1-3-16-13-22-17(24-16)9-10-20-18(19-2)21-11-12-23-14-15-7-5-4-6-8-15/h4-8,13H,3,9-12,14H2,1-2H3,(H2,19,20,21). The lowest BCUT2D eigenvalue weighted by Gasteiger charge is -2.11. The molecule has 0 saturated heterocycles. The number of nitrogens with zero attached hydrogens (tertiary/aromatic N) is 2. The van der Waals surface area contributed by atoms with Gasteiger partial charge in [0.2, 0.25) is 0 Å². The van der Waals surface area contributed by atoms with Crippen LogP contribution in [0.15, 0.2) is 41.5 Å². The van der Waals surface area contributed by atoms with Crippen molar-refractivity contribution in [2.75, 3.05) is 26.7 Å². The van der Waals surface area contributed by atoms with Crippen LogP contribution in [-0.2, 0) is 24.2 Å². The summed E-state index contributed by atoms with van der Waals surface area (Å²) in [5, 5.41) is 7.73. The molecule has 0 bridgehead atoms. The molecule has 0 aliphatic rings. The van der Waals surface area contributed by atoms with Crippen LogP contribution in [0, 0.1) is 0 Å². The average molecular weight is 346 g/mol. The number of hydrogen-bond acceptors (Lipinski definition) is 4. The number of ether oxygens (including phenoxy) is 1. The second kappa shape index (κ2) is 10.8. The minimum Gasteiger partial charge on any atom is -0.375 e. The van der Waals surface area contributed by atoms with E-state index in [-0.39, 0.29) is 0 Å². The van der Waals surface area contributed by atoms with Gasteiger partial charge in [0.15, 0.2) is 5.96 Å². The third kappa shape index (κ3) is 6.68. The van der Waals surface area contributed by atoms with Crippen molar-refractivity contribution >= 4 is 17.3 Å². The first kappa shape index (κ1) is 18.4. The van der Waals surface area contributed by atoms with Gasteiger partial charge >= 0.3 is 0 Å². The molecule has 0 aliphatic heterocycles. The van der Waals surface area contributed by atoms with Crippen LogP contribution in [0.4, 0.5) is 0 Å². The number of benzene rings is 1. The SMILES string of the molecule is CCc1cnc(CCNC(=NC)NCCOCc2ccccc2)s1. The van der Waals surface area contributed by atoms with Crippen LogP contribution in [0.5, 0.6) is 0 Å². The third-order valence-electron chi connectivity index (χ3n) is 3.46. The predicted octanol–water partition coefficient (Wildman–Crippen LogP) is 2.63. The smallest absolute Gasteiger partial charge is 0.191 e. The zero-order chi connectivity index (χ0) is 17.0. The minimum absolute atomic E-state index is 0.637. The molecule has 0 saturated carbocycles. The lowest BCUT2D eigenvalue weighted by Crippen LogP contribution is -2.39. The van der Waals surface area contributed by atoms with E-state index in [1.807, 2.05) is 24.4 Å². The Hall–Kier alpha value is -1.92. The van der Waals surface area contributed by atoms with E-state index in [9.17, 15) is 0 Å². The molecule has 0 fully saturated rings. The van der Waals surface area contributed by atoms with Crippen molar-refractivity contribution in [3.63, 3.8) is 0 Å². The van der Waals surface area contributed by atoms with Crippen molar-refractivity contribution in [2.45, 2.75) is 26.4 Å². The Labute approximate surface area is 148 Å². The number of thiazole rings is 1. The van der Waals surface area contributed by atoms with Crippen LogP contribution < -0.4 is 10.6 Å². The number of hydrogen-bond donors (Lipinski definition) is 2. The summed E-state index contributed by atoms with van der Waals surface area (Å²) in [5.74, 6) is 0.797. The number of aromatic nitrogens is 1. The molecule has 5 nitrogen and oxygen atoms in total. The van der Waals surface area contributed by atoms with Gasteiger partial charge in [-0.15, -0.1) is 11.3 Å². The van der Waals surface area contributed by atoms with Crippen molar-refractivity contribution in [3.8, 4) is 0 Å². The van der Waals surface area contributed by atoms with Crippen molar-refractivity contribution in [1.82, 2.24) is 15.6 Å². The Balaban J connectivity index is 1.57. The third-order valence-corrected chi connectivity index (χ3v) is 4.66. The van der Waals surface area contributed by atoms with Gasteiger partial charge < -0.3 is 15.4 Å². The first-order valence-corrected chi connectivity index (χ1v) is 9.13. The highest BCUT2D eigenvalue weighted by Gasteiger charge is 2.02. The van der Waals surface area contributed by atoms with Gasteiger partial charge in [-0.3, -0.25) is 4.99 Å². The van der Waals surface area contributed by atoms with Crippen molar-refractivity contribution in [2.24, 2.45) is 4.99 Å². The summed E-state index contributed by atoms with van der Waals surface area (Å²) in [6.07, 6.45) is 3.93. The largest absolute Gasteiger partial charge is 0.375 e. The minimum atomic E-state index is 0.637. The Morgan fingerprint density at radius 1 is 1.21 bits per heavy atom. The zero-order valence-electron chi connectivity index (χ0n) is 14.4. The first-order valence-electron chi connectivity index (χ1n) is 8.31. The maximum atomic E-state index is 5.65. The maximum absolute atomic E-state index is 5.65. The van der Waals surface area contributed by atoms with Gasteiger partial charge in [0.25, 0.3) is 0 Å². The van der Waals surface area contributed by atoms with Crippen LogP contribution in [0.1, 0.15) is 22.4 Å². The van der Waals surface area contributed by atoms with Gasteiger partial charge in [-0.05, 0) is 12.0 Å². The summed E-state index contributed by atoms with van der Waals surface area (Å²) < 4.78 is 5.65. The number of aryl methyl sites for hydroxylation is 1. The topological polar surface area (TPSA) is 58.5 Å². The van der Waals surface area contributed by atoms with Crippen molar-refractivity contribution < 1.29 is 4.74 Å². The van der Waals surface area contributed by atoms with E-state index in [1.54, 1.807) is 18.4 Å². The zero-order valence-corrected chi connectivity index (χ0v) is 15.2. The summed E-state index contributed by atoms with van der Waals surface area (Å²) in [6.45, 7) is 4.98. The molecule has 6 heteroatoms. The number of rotatable bonds is 9. The van der Waals surface area contributed by atoms with Gasteiger partial charge in [-0.25, -0.2) is 4.98 Å². The van der Waals surface area contributed by atoms with E-state index in [0.717, 1.165) is 31.9 Å². The molecule has 2 rings (SSSR count). The van der Waals surface area contributed by atoms with E-state index in [1.165, 1.54) is 15.4 Å². The van der Waals surface area contributed by atoms with Crippen LogP contribution in [0.25, 0.3) is 0 Å². The van der Waals surface area contributed by atoms with Crippen LogP contribution in [0.3, 0.4) is 0 Å². The van der Waals surface area contributed by atoms with Gasteiger partial charge in [0.1, 0.15) is 0 Å². The highest BCUT2D eigenvalue weighted by molar-refractivity contribution is 7.11. The average Bonchev–Trinajstić information content (AvgIpc) is 3.09. The van der Waals surface area contributed by atoms with Gasteiger partial charge in [-0.1, -0.05) is 37.3 Å². The van der Waals surface area contributed by atoms with Gasteiger partial charge in [-0.2, -0.15) is 0 Å². The molecule has 1 heterocycles.